The number of rotatable bonds is 2. The van der Waals surface area contributed by atoms with Crippen LogP contribution in [0, 0.1) is 0 Å². The summed E-state index contributed by atoms with van der Waals surface area (Å²) in [5.74, 6) is 0.160. The van der Waals surface area contributed by atoms with Crippen molar-refractivity contribution in [3.8, 4) is 0 Å². The molecule has 2 aromatic heterocycles. The van der Waals surface area contributed by atoms with E-state index in [0.29, 0.717) is 18.4 Å². The molecule has 0 aliphatic carbocycles. The molecule has 106 valence electrons. The number of nitrogens with zero attached hydrogens (tertiary/aromatic N) is 2. The summed E-state index contributed by atoms with van der Waals surface area (Å²) in [4.78, 5) is 15.5. The maximum absolute atomic E-state index is 11.5. The van der Waals surface area contributed by atoms with Gasteiger partial charge in [-0.05, 0) is 25.0 Å². The van der Waals surface area contributed by atoms with Crippen LogP contribution in [0.15, 0.2) is 24.5 Å². The Morgan fingerprint density at radius 2 is 2.05 bits per heavy atom. The van der Waals surface area contributed by atoms with Crippen molar-refractivity contribution in [2.45, 2.75) is 18.8 Å². The second-order valence-corrected chi connectivity index (χ2v) is 7.33. The zero-order valence-electron chi connectivity index (χ0n) is 10.7. The smallest absolute Gasteiger partial charge is 0.337 e. The molecule has 0 atom stereocenters. The first kappa shape index (κ1) is 13.1. The van der Waals surface area contributed by atoms with Crippen molar-refractivity contribution in [2.24, 2.45) is 0 Å². The van der Waals surface area contributed by atoms with E-state index in [1.165, 1.54) is 6.07 Å². The highest BCUT2D eigenvalue weighted by molar-refractivity contribution is 7.91. The van der Waals surface area contributed by atoms with Crippen LogP contribution < -0.4 is 0 Å². The van der Waals surface area contributed by atoms with Gasteiger partial charge < -0.3 is 9.51 Å². The number of pyridine rings is 1. The van der Waals surface area contributed by atoms with E-state index in [-0.39, 0.29) is 23.0 Å². The van der Waals surface area contributed by atoms with Gasteiger partial charge in [-0.1, -0.05) is 0 Å². The molecule has 0 amide bonds. The van der Waals surface area contributed by atoms with Gasteiger partial charge in [0.1, 0.15) is 15.7 Å². The van der Waals surface area contributed by atoms with Gasteiger partial charge in [0.05, 0.1) is 28.8 Å². The van der Waals surface area contributed by atoms with Crippen molar-refractivity contribution in [3.05, 3.63) is 35.9 Å². The molecule has 0 radical (unpaired) electrons. The highest BCUT2D eigenvalue weighted by Gasteiger charge is 2.27. The Kier molecular flexibility index (Phi) is 3.01. The van der Waals surface area contributed by atoms with Gasteiger partial charge in [-0.2, -0.15) is 0 Å². The quantitative estimate of drug-likeness (QED) is 0.902. The highest BCUT2D eigenvalue weighted by atomic mass is 32.2. The molecule has 6 nitrogen and oxygen atoms in total. The molecule has 7 heteroatoms. The molecule has 1 aliphatic rings. The molecule has 20 heavy (non-hydrogen) atoms. The lowest BCUT2D eigenvalue weighted by Crippen LogP contribution is -2.23. The molecule has 1 N–H and O–H groups in total. The van der Waals surface area contributed by atoms with E-state index in [1.807, 2.05) is 0 Å². The van der Waals surface area contributed by atoms with Crippen molar-refractivity contribution in [1.82, 2.24) is 9.38 Å². The molecule has 0 bridgehead atoms. The molecular weight excluding hydrogens is 280 g/mol. The van der Waals surface area contributed by atoms with Crippen LogP contribution in [0.25, 0.3) is 5.52 Å². The average molecular weight is 294 g/mol. The maximum Gasteiger partial charge on any atom is 0.337 e. The van der Waals surface area contributed by atoms with Crippen molar-refractivity contribution >= 4 is 21.3 Å². The Balaban J connectivity index is 2.02. The molecule has 3 heterocycles. The predicted molar refractivity (Wildman–Crippen MR) is 72.8 cm³/mol. The van der Waals surface area contributed by atoms with E-state index in [4.69, 9.17) is 5.11 Å². The molecule has 1 fully saturated rings. The minimum absolute atomic E-state index is 0.0602. The molecule has 0 aromatic carbocycles. The van der Waals surface area contributed by atoms with Gasteiger partial charge in [-0.3, -0.25) is 0 Å². The second-order valence-electron chi connectivity index (χ2n) is 5.02. The lowest BCUT2D eigenvalue weighted by molar-refractivity contribution is 0.0698. The first-order chi connectivity index (χ1) is 9.48. The number of hydrogen-bond donors (Lipinski definition) is 1. The van der Waals surface area contributed by atoms with Crippen LogP contribution in [0.5, 0.6) is 0 Å². The fourth-order valence-corrected chi connectivity index (χ4v) is 4.16. The summed E-state index contributed by atoms with van der Waals surface area (Å²) < 4.78 is 24.7. The van der Waals surface area contributed by atoms with Crippen LogP contribution in [0.2, 0.25) is 0 Å². The molecule has 0 saturated carbocycles. The van der Waals surface area contributed by atoms with E-state index in [9.17, 15) is 13.2 Å². The van der Waals surface area contributed by atoms with E-state index in [2.05, 4.69) is 4.98 Å². The Bertz CT molecular complexity index is 765. The van der Waals surface area contributed by atoms with Gasteiger partial charge in [0.15, 0.2) is 0 Å². The van der Waals surface area contributed by atoms with Crippen LogP contribution in [-0.2, 0) is 9.84 Å². The first-order valence-corrected chi connectivity index (χ1v) is 8.20. The monoisotopic (exact) mass is 294 g/mol. The minimum Gasteiger partial charge on any atom is -0.478 e. The van der Waals surface area contributed by atoms with Crippen molar-refractivity contribution in [3.63, 3.8) is 0 Å². The highest BCUT2D eigenvalue weighted by Crippen LogP contribution is 2.29. The number of aromatic nitrogens is 2. The SMILES string of the molecule is O=C(O)c1cccn2c(C3CCS(=O)(=O)CC3)ncc12. The van der Waals surface area contributed by atoms with Crippen LogP contribution in [0.1, 0.15) is 34.9 Å². The number of imidazole rings is 1. The molecular formula is C13H14N2O4S. The van der Waals surface area contributed by atoms with Gasteiger partial charge >= 0.3 is 5.97 Å². The summed E-state index contributed by atoms with van der Waals surface area (Å²) in [6.07, 6.45) is 4.40. The molecule has 0 spiro atoms. The van der Waals surface area contributed by atoms with Gasteiger partial charge in [0.2, 0.25) is 0 Å². The summed E-state index contributed by atoms with van der Waals surface area (Å²) in [7, 11) is -2.91. The zero-order chi connectivity index (χ0) is 14.3. The van der Waals surface area contributed by atoms with Crippen molar-refractivity contribution in [2.75, 3.05) is 11.5 Å². The Labute approximate surface area is 116 Å². The Morgan fingerprint density at radius 3 is 2.70 bits per heavy atom. The third-order valence-electron chi connectivity index (χ3n) is 3.75. The van der Waals surface area contributed by atoms with Crippen LogP contribution in [0.4, 0.5) is 0 Å². The number of fused-ring (bicyclic) bond motifs is 1. The third-order valence-corrected chi connectivity index (χ3v) is 5.47. The zero-order valence-corrected chi connectivity index (χ0v) is 11.5. The standard InChI is InChI=1S/C13H14N2O4S/c16-13(17)10-2-1-5-15-11(10)8-14-12(15)9-3-6-20(18,19)7-4-9/h1-2,5,8-9H,3-4,6-7H2,(H,16,17). The van der Waals surface area contributed by atoms with Gasteiger partial charge in [-0.15, -0.1) is 0 Å². The van der Waals surface area contributed by atoms with Crippen molar-refractivity contribution in [1.29, 1.82) is 0 Å². The fraction of sp³-hybridized carbons (Fsp3) is 0.385. The Morgan fingerprint density at radius 1 is 1.35 bits per heavy atom. The number of hydrogen-bond acceptors (Lipinski definition) is 4. The van der Waals surface area contributed by atoms with Crippen molar-refractivity contribution < 1.29 is 18.3 Å². The maximum atomic E-state index is 11.5. The normalized spacial score (nSPS) is 19.2. The van der Waals surface area contributed by atoms with E-state index >= 15 is 0 Å². The van der Waals surface area contributed by atoms with Gasteiger partial charge in [-0.25, -0.2) is 18.2 Å². The lowest BCUT2D eigenvalue weighted by Gasteiger charge is -2.20. The van der Waals surface area contributed by atoms with Crippen LogP contribution in [-0.4, -0.2) is 40.4 Å². The topological polar surface area (TPSA) is 88.7 Å². The number of carboxylic acids is 1. The van der Waals surface area contributed by atoms with Gasteiger partial charge in [0.25, 0.3) is 0 Å². The van der Waals surface area contributed by atoms with E-state index in [0.717, 1.165) is 5.82 Å². The predicted octanol–water partition coefficient (Wildman–Crippen LogP) is 1.32. The summed E-state index contributed by atoms with van der Waals surface area (Å²) in [6.45, 7) is 0. The van der Waals surface area contributed by atoms with E-state index in [1.54, 1.807) is 22.9 Å². The molecule has 2 aromatic rings. The molecule has 3 rings (SSSR count). The number of carbonyl (C=O) groups is 1. The van der Waals surface area contributed by atoms with Crippen LogP contribution >= 0.6 is 0 Å². The lowest BCUT2D eigenvalue weighted by atomic mass is 10.0. The van der Waals surface area contributed by atoms with E-state index < -0.39 is 15.8 Å². The summed E-state index contributed by atoms with van der Waals surface area (Å²) >= 11 is 0. The minimum atomic E-state index is -2.91. The van der Waals surface area contributed by atoms with Crippen LogP contribution in [0.3, 0.4) is 0 Å². The largest absolute Gasteiger partial charge is 0.478 e. The summed E-state index contributed by atoms with van der Waals surface area (Å²) in [5.41, 5.74) is 0.748. The number of aromatic carboxylic acids is 1. The summed E-state index contributed by atoms with van der Waals surface area (Å²) in [5, 5.41) is 9.15. The second kappa shape index (κ2) is 4.59. The molecule has 0 unspecified atom stereocenters. The van der Waals surface area contributed by atoms with Gasteiger partial charge in [0, 0.05) is 12.1 Å². The molecule has 1 saturated heterocycles. The number of carboxylic acid groups (broad SMARTS) is 1. The third kappa shape index (κ3) is 2.18. The Hall–Kier alpha value is -1.89. The number of sulfone groups is 1. The molecule has 1 aliphatic heterocycles. The first-order valence-electron chi connectivity index (χ1n) is 6.37. The summed E-state index contributed by atoms with van der Waals surface area (Å²) in [6, 6.07) is 3.20. The fourth-order valence-electron chi connectivity index (χ4n) is 2.67. The average Bonchev–Trinajstić information content (AvgIpc) is 2.82.